The van der Waals surface area contributed by atoms with Gasteiger partial charge in [0.15, 0.2) is 0 Å². The molecule has 0 aliphatic rings. The Balaban J connectivity index is 2.20. The fourth-order valence-corrected chi connectivity index (χ4v) is 1.48. The summed E-state index contributed by atoms with van der Waals surface area (Å²) in [4.78, 5) is 0. The monoisotopic (exact) mass is 282 g/mol. The smallest absolute Gasteiger partial charge is 0.211 e. The number of benzene rings is 2. The van der Waals surface area contributed by atoms with Gasteiger partial charge in [-0.05, 0) is 30.3 Å². The standard InChI is InChI=1S/C14H14N6O/c15-14(16)20-17-9-10-8-12(6-7-13(10)21)19-18-11-4-2-1-3-5-11/h1-9,21H,(H4,15,16,20). The summed E-state index contributed by atoms with van der Waals surface area (Å²) in [7, 11) is 0. The molecule has 0 saturated heterocycles. The van der Waals surface area contributed by atoms with Crippen LogP contribution in [0.25, 0.3) is 0 Å². The number of rotatable bonds is 4. The van der Waals surface area contributed by atoms with Crippen LogP contribution in [0.4, 0.5) is 11.4 Å². The van der Waals surface area contributed by atoms with Crippen LogP contribution < -0.4 is 11.5 Å². The molecule has 0 fully saturated rings. The molecule has 0 radical (unpaired) electrons. The second kappa shape index (κ2) is 6.80. The summed E-state index contributed by atoms with van der Waals surface area (Å²) in [5.41, 5.74) is 12.1. The van der Waals surface area contributed by atoms with Crippen molar-refractivity contribution in [3.8, 4) is 5.75 Å². The number of nitrogens with two attached hydrogens (primary N) is 2. The van der Waals surface area contributed by atoms with Crippen LogP contribution in [0.15, 0.2) is 69.0 Å². The number of phenols is 1. The summed E-state index contributed by atoms with van der Waals surface area (Å²) < 4.78 is 0. The van der Waals surface area contributed by atoms with Crippen LogP contribution in [0.3, 0.4) is 0 Å². The maximum absolute atomic E-state index is 9.71. The van der Waals surface area contributed by atoms with Crippen molar-refractivity contribution in [1.29, 1.82) is 0 Å². The first kappa shape index (κ1) is 14.2. The highest BCUT2D eigenvalue weighted by Gasteiger charge is 2.00. The Labute approximate surface area is 121 Å². The normalized spacial score (nSPS) is 11.0. The maximum atomic E-state index is 9.71. The minimum Gasteiger partial charge on any atom is -0.507 e. The molecule has 0 bridgehead atoms. The third-order valence-corrected chi connectivity index (χ3v) is 2.42. The lowest BCUT2D eigenvalue weighted by Gasteiger charge is -1.99. The molecule has 0 heterocycles. The molecule has 0 atom stereocenters. The molecule has 7 nitrogen and oxygen atoms in total. The second-order valence-electron chi connectivity index (χ2n) is 4.05. The van der Waals surface area contributed by atoms with Crippen molar-refractivity contribution in [3.05, 3.63) is 54.1 Å². The summed E-state index contributed by atoms with van der Waals surface area (Å²) >= 11 is 0. The molecule has 2 aromatic carbocycles. The molecule has 0 amide bonds. The molecular formula is C14H14N6O. The highest BCUT2D eigenvalue weighted by atomic mass is 16.3. The average molecular weight is 282 g/mol. The minimum atomic E-state index is -0.161. The van der Waals surface area contributed by atoms with E-state index in [9.17, 15) is 5.11 Å². The summed E-state index contributed by atoms with van der Waals surface area (Å²) in [5, 5.41) is 25.0. The summed E-state index contributed by atoms with van der Waals surface area (Å²) in [6.07, 6.45) is 1.33. The van der Waals surface area contributed by atoms with Gasteiger partial charge in [0.1, 0.15) is 5.75 Å². The molecule has 0 aliphatic carbocycles. The van der Waals surface area contributed by atoms with E-state index in [1.165, 1.54) is 12.3 Å². The predicted molar refractivity (Wildman–Crippen MR) is 82.1 cm³/mol. The molecule has 7 heteroatoms. The Morgan fingerprint density at radius 2 is 1.67 bits per heavy atom. The fraction of sp³-hybridized carbons (Fsp3) is 0. The van der Waals surface area contributed by atoms with Crippen LogP contribution >= 0.6 is 0 Å². The van der Waals surface area contributed by atoms with Gasteiger partial charge in [-0.25, -0.2) is 0 Å². The summed E-state index contributed by atoms with van der Waals surface area (Å²) in [6.45, 7) is 0. The van der Waals surface area contributed by atoms with E-state index >= 15 is 0 Å². The summed E-state index contributed by atoms with van der Waals surface area (Å²) in [5.74, 6) is -0.117. The van der Waals surface area contributed by atoms with Gasteiger partial charge in [-0.2, -0.15) is 15.3 Å². The molecule has 0 aromatic heterocycles. The topological polar surface area (TPSA) is 122 Å². The van der Waals surface area contributed by atoms with Crippen molar-refractivity contribution in [1.82, 2.24) is 0 Å². The van der Waals surface area contributed by atoms with Crippen LogP contribution in [0.1, 0.15) is 5.56 Å². The van der Waals surface area contributed by atoms with Crippen molar-refractivity contribution in [2.45, 2.75) is 0 Å². The van der Waals surface area contributed by atoms with E-state index in [0.717, 1.165) is 5.69 Å². The Bertz CT molecular complexity index is 690. The lowest BCUT2D eigenvalue weighted by molar-refractivity contribution is 0.474. The molecule has 2 aromatic rings. The van der Waals surface area contributed by atoms with Gasteiger partial charge in [-0.3, -0.25) is 0 Å². The van der Waals surface area contributed by atoms with Gasteiger partial charge < -0.3 is 16.6 Å². The lowest BCUT2D eigenvalue weighted by Crippen LogP contribution is -2.21. The predicted octanol–water partition coefficient (Wildman–Crippen LogP) is 2.41. The van der Waals surface area contributed by atoms with Gasteiger partial charge in [-0.1, -0.05) is 18.2 Å². The number of guanidine groups is 1. The molecule has 21 heavy (non-hydrogen) atoms. The van der Waals surface area contributed by atoms with Crippen LogP contribution in [-0.4, -0.2) is 17.3 Å². The van der Waals surface area contributed by atoms with E-state index in [0.29, 0.717) is 11.3 Å². The van der Waals surface area contributed by atoms with Crippen molar-refractivity contribution in [2.24, 2.45) is 31.9 Å². The van der Waals surface area contributed by atoms with Gasteiger partial charge >= 0.3 is 0 Å². The first-order valence-corrected chi connectivity index (χ1v) is 6.07. The highest BCUT2D eigenvalue weighted by Crippen LogP contribution is 2.23. The van der Waals surface area contributed by atoms with E-state index in [-0.39, 0.29) is 11.7 Å². The first-order valence-electron chi connectivity index (χ1n) is 6.07. The Kier molecular flexibility index (Phi) is 4.60. The Hall–Kier alpha value is -3.22. The quantitative estimate of drug-likeness (QED) is 0.345. The van der Waals surface area contributed by atoms with Gasteiger partial charge in [0.25, 0.3) is 0 Å². The van der Waals surface area contributed by atoms with Crippen molar-refractivity contribution in [2.75, 3.05) is 0 Å². The number of hydrogen-bond donors (Lipinski definition) is 3. The van der Waals surface area contributed by atoms with E-state index in [1.807, 2.05) is 30.3 Å². The van der Waals surface area contributed by atoms with Gasteiger partial charge in [-0.15, -0.1) is 5.10 Å². The molecule has 106 valence electrons. The molecule has 0 aliphatic heterocycles. The maximum Gasteiger partial charge on any atom is 0.211 e. The number of nitrogens with zero attached hydrogens (tertiary/aromatic N) is 4. The molecule has 0 unspecified atom stereocenters. The SMILES string of the molecule is NC(N)=NN=Cc1cc(N=Nc2ccccc2)ccc1O. The van der Waals surface area contributed by atoms with E-state index < -0.39 is 0 Å². The largest absolute Gasteiger partial charge is 0.507 e. The Morgan fingerprint density at radius 3 is 2.38 bits per heavy atom. The van der Waals surface area contributed by atoms with Crippen LogP contribution in [0.5, 0.6) is 5.75 Å². The van der Waals surface area contributed by atoms with Crippen LogP contribution in [0.2, 0.25) is 0 Å². The van der Waals surface area contributed by atoms with Crippen molar-refractivity contribution < 1.29 is 5.11 Å². The van der Waals surface area contributed by atoms with Crippen LogP contribution in [-0.2, 0) is 0 Å². The number of aromatic hydroxyl groups is 1. The number of phenolic OH excluding ortho intramolecular Hbond substituents is 1. The fourth-order valence-electron chi connectivity index (χ4n) is 1.48. The van der Waals surface area contributed by atoms with E-state index in [1.54, 1.807) is 12.1 Å². The molecule has 2 rings (SSSR count). The third kappa shape index (κ3) is 4.43. The van der Waals surface area contributed by atoms with E-state index in [2.05, 4.69) is 20.4 Å². The van der Waals surface area contributed by atoms with Gasteiger partial charge in [0.05, 0.1) is 17.6 Å². The lowest BCUT2D eigenvalue weighted by atomic mass is 10.2. The molecular weight excluding hydrogens is 268 g/mol. The molecule has 0 spiro atoms. The molecule has 0 saturated carbocycles. The molecule has 5 N–H and O–H groups in total. The number of azo groups is 1. The van der Waals surface area contributed by atoms with Gasteiger partial charge in [0.2, 0.25) is 5.96 Å². The zero-order valence-corrected chi connectivity index (χ0v) is 11.1. The highest BCUT2D eigenvalue weighted by molar-refractivity contribution is 5.85. The first-order chi connectivity index (χ1) is 10.1. The minimum absolute atomic E-state index is 0.0446. The third-order valence-electron chi connectivity index (χ3n) is 2.42. The van der Waals surface area contributed by atoms with Gasteiger partial charge in [0, 0.05) is 5.56 Å². The van der Waals surface area contributed by atoms with Crippen molar-refractivity contribution >= 4 is 23.5 Å². The number of hydrogen-bond acceptors (Lipinski definition) is 5. The van der Waals surface area contributed by atoms with E-state index in [4.69, 9.17) is 11.5 Å². The average Bonchev–Trinajstić information content (AvgIpc) is 2.48. The zero-order valence-electron chi connectivity index (χ0n) is 11.1. The van der Waals surface area contributed by atoms with Crippen LogP contribution in [0, 0.1) is 0 Å². The zero-order chi connectivity index (χ0) is 15.1. The Morgan fingerprint density at radius 1 is 0.952 bits per heavy atom. The second-order valence-corrected chi connectivity index (χ2v) is 4.05. The summed E-state index contributed by atoms with van der Waals surface area (Å²) in [6, 6.07) is 14.1. The van der Waals surface area contributed by atoms with Crippen molar-refractivity contribution in [3.63, 3.8) is 0 Å².